The minimum Gasteiger partial charge on any atom is -0.489 e. The highest BCUT2D eigenvalue weighted by atomic mass is 35.5. The van der Waals surface area contributed by atoms with Gasteiger partial charge in [-0.3, -0.25) is 0 Å². The van der Waals surface area contributed by atoms with Crippen LogP contribution in [0.15, 0.2) is 18.2 Å². The van der Waals surface area contributed by atoms with Crippen molar-refractivity contribution in [2.24, 2.45) is 11.1 Å². The fourth-order valence-electron chi connectivity index (χ4n) is 1.69. The average molecular weight is 268 g/mol. The fourth-order valence-corrected chi connectivity index (χ4v) is 1.90. The first-order valence-corrected chi connectivity index (χ1v) is 6.35. The summed E-state index contributed by atoms with van der Waals surface area (Å²) in [6, 6.07) is 3.69. The van der Waals surface area contributed by atoms with Gasteiger partial charge in [0.25, 0.3) is 0 Å². The predicted molar refractivity (Wildman–Crippen MR) is 74.3 cm³/mol. The lowest BCUT2D eigenvalue weighted by Crippen LogP contribution is -2.26. The number of fused-ring (bicyclic) bond motifs is 1. The normalized spacial score (nSPS) is 17.8. The van der Waals surface area contributed by atoms with E-state index >= 15 is 0 Å². The second kappa shape index (κ2) is 5.21. The molecule has 0 unspecified atom stereocenters. The molecule has 0 fully saturated rings. The molecule has 0 radical (unpaired) electrons. The molecule has 2 N–H and O–H groups in total. The summed E-state index contributed by atoms with van der Waals surface area (Å²) < 4.78 is 11.5. The van der Waals surface area contributed by atoms with Crippen LogP contribution in [-0.4, -0.2) is 19.8 Å². The molecular weight excluding hydrogens is 250 g/mol. The largest absolute Gasteiger partial charge is 0.489 e. The molecule has 0 aromatic heterocycles. The van der Waals surface area contributed by atoms with Crippen LogP contribution in [0.1, 0.15) is 19.4 Å². The number of ether oxygens (including phenoxy) is 2. The number of hydrogen-bond donors (Lipinski definition) is 1. The molecule has 1 aromatic carbocycles. The van der Waals surface area contributed by atoms with E-state index in [9.17, 15) is 0 Å². The zero-order chi connectivity index (χ0) is 13.2. The number of rotatable bonds is 2. The van der Waals surface area contributed by atoms with E-state index in [4.69, 9.17) is 26.8 Å². The van der Waals surface area contributed by atoms with Crippen molar-refractivity contribution in [3.63, 3.8) is 0 Å². The molecular formula is C14H18ClNO2. The number of benzene rings is 1. The van der Waals surface area contributed by atoms with Gasteiger partial charge in [-0.1, -0.05) is 37.6 Å². The smallest absolute Gasteiger partial charge is 0.162 e. The number of halogens is 1. The molecule has 0 amide bonds. The summed E-state index contributed by atoms with van der Waals surface area (Å²) in [6.45, 7) is 5.94. The van der Waals surface area contributed by atoms with Gasteiger partial charge in [-0.2, -0.15) is 0 Å². The summed E-state index contributed by atoms with van der Waals surface area (Å²) in [4.78, 5) is 0. The van der Waals surface area contributed by atoms with Crippen molar-refractivity contribution in [2.75, 3.05) is 19.8 Å². The Kier molecular flexibility index (Phi) is 3.83. The first-order valence-electron chi connectivity index (χ1n) is 5.97. The third kappa shape index (κ3) is 2.98. The summed E-state index contributed by atoms with van der Waals surface area (Å²) in [6.07, 6.45) is 3.75. The van der Waals surface area contributed by atoms with Crippen LogP contribution in [0, 0.1) is 5.41 Å². The number of nitrogens with two attached hydrogens (primary N) is 1. The lowest BCUT2D eigenvalue weighted by atomic mass is 9.97. The maximum Gasteiger partial charge on any atom is 0.162 e. The molecule has 4 heteroatoms. The van der Waals surface area contributed by atoms with Gasteiger partial charge >= 0.3 is 0 Å². The maximum absolute atomic E-state index is 6.19. The first-order chi connectivity index (χ1) is 8.52. The highest BCUT2D eigenvalue weighted by Gasteiger charge is 2.25. The van der Waals surface area contributed by atoms with Crippen LogP contribution in [0.2, 0.25) is 5.02 Å². The topological polar surface area (TPSA) is 44.5 Å². The molecule has 3 nitrogen and oxygen atoms in total. The van der Waals surface area contributed by atoms with Crippen LogP contribution < -0.4 is 15.2 Å². The van der Waals surface area contributed by atoms with Crippen molar-refractivity contribution in [2.45, 2.75) is 13.8 Å². The van der Waals surface area contributed by atoms with Gasteiger partial charge in [0.05, 0.1) is 18.2 Å². The zero-order valence-corrected chi connectivity index (χ0v) is 11.5. The Bertz CT molecular complexity index is 469. The molecule has 98 valence electrons. The van der Waals surface area contributed by atoms with Crippen molar-refractivity contribution in [3.05, 3.63) is 28.8 Å². The molecule has 0 saturated heterocycles. The Hall–Kier alpha value is -1.19. The quantitative estimate of drug-likeness (QED) is 0.895. The maximum atomic E-state index is 6.19. The Labute approximate surface area is 113 Å². The molecule has 0 atom stereocenters. The van der Waals surface area contributed by atoms with Crippen LogP contribution in [0.5, 0.6) is 11.5 Å². The molecule has 0 saturated carbocycles. The van der Waals surface area contributed by atoms with Crippen LogP contribution in [0.4, 0.5) is 0 Å². The lowest BCUT2D eigenvalue weighted by Gasteiger charge is -2.19. The molecule has 1 aromatic rings. The lowest BCUT2D eigenvalue weighted by molar-refractivity contribution is 0.140. The molecule has 1 aliphatic rings. The van der Waals surface area contributed by atoms with Gasteiger partial charge in [0.1, 0.15) is 0 Å². The standard InChI is InChI=1S/C14H18ClNO2/c1-14(2)8-17-12-6-10(4-3-5-16)11(15)7-13(12)18-9-14/h3-4,6-7H,5,8-9,16H2,1-2H3/b4-3+. The van der Waals surface area contributed by atoms with Gasteiger partial charge in [0.2, 0.25) is 0 Å². The Morgan fingerprint density at radius 2 is 1.89 bits per heavy atom. The van der Waals surface area contributed by atoms with Gasteiger partial charge in [-0.15, -0.1) is 0 Å². The molecule has 18 heavy (non-hydrogen) atoms. The highest BCUT2D eigenvalue weighted by molar-refractivity contribution is 6.32. The van der Waals surface area contributed by atoms with E-state index in [0.717, 1.165) is 11.3 Å². The SMILES string of the molecule is CC1(C)COc2cc(Cl)c(/C=C/CN)cc2OC1. The summed E-state index contributed by atoms with van der Waals surface area (Å²) in [5.41, 5.74) is 6.33. The molecule has 1 heterocycles. The van der Waals surface area contributed by atoms with Crippen LogP contribution in [0.25, 0.3) is 6.08 Å². The van der Waals surface area contributed by atoms with E-state index in [2.05, 4.69) is 13.8 Å². The van der Waals surface area contributed by atoms with Gasteiger partial charge in [-0.25, -0.2) is 0 Å². The van der Waals surface area contributed by atoms with Crippen LogP contribution in [0.3, 0.4) is 0 Å². The molecule has 0 aliphatic carbocycles. The summed E-state index contributed by atoms with van der Waals surface area (Å²) >= 11 is 6.19. The summed E-state index contributed by atoms with van der Waals surface area (Å²) in [7, 11) is 0. The Morgan fingerprint density at radius 1 is 1.28 bits per heavy atom. The summed E-state index contributed by atoms with van der Waals surface area (Å²) in [5, 5.41) is 0.641. The minimum atomic E-state index is -0.00123. The van der Waals surface area contributed by atoms with Crippen molar-refractivity contribution < 1.29 is 9.47 Å². The van der Waals surface area contributed by atoms with E-state index < -0.39 is 0 Å². The fraction of sp³-hybridized carbons (Fsp3) is 0.429. The Balaban J connectivity index is 2.32. The molecule has 0 spiro atoms. The minimum absolute atomic E-state index is 0.00123. The average Bonchev–Trinajstić information content (AvgIpc) is 2.46. The van der Waals surface area contributed by atoms with E-state index in [1.54, 1.807) is 6.07 Å². The monoisotopic (exact) mass is 267 g/mol. The van der Waals surface area contributed by atoms with E-state index in [0.29, 0.717) is 30.5 Å². The van der Waals surface area contributed by atoms with E-state index in [1.807, 2.05) is 18.2 Å². The summed E-state index contributed by atoms with van der Waals surface area (Å²) in [5.74, 6) is 1.44. The first kappa shape index (κ1) is 13.2. The third-order valence-corrected chi connectivity index (χ3v) is 3.06. The second-order valence-electron chi connectivity index (χ2n) is 5.20. The van der Waals surface area contributed by atoms with Crippen molar-refractivity contribution in [3.8, 4) is 11.5 Å². The van der Waals surface area contributed by atoms with E-state index in [1.165, 1.54) is 0 Å². The zero-order valence-electron chi connectivity index (χ0n) is 10.7. The van der Waals surface area contributed by atoms with Gasteiger partial charge in [0.15, 0.2) is 11.5 Å². The second-order valence-corrected chi connectivity index (χ2v) is 5.61. The van der Waals surface area contributed by atoms with Gasteiger partial charge in [0, 0.05) is 18.0 Å². The Morgan fingerprint density at radius 3 is 2.50 bits per heavy atom. The third-order valence-electron chi connectivity index (χ3n) is 2.73. The van der Waals surface area contributed by atoms with Crippen LogP contribution in [-0.2, 0) is 0 Å². The molecule has 1 aliphatic heterocycles. The van der Waals surface area contributed by atoms with Crippen molar-refractivity contribution in [1.29, 1.82) is 0 Å². The molecule has 0 bridgehead atoms. The van der Waals surface area contributed by atoms with Gasteiger partial charge in [-0.05, 0) is 11.6 Å². The van der Waals surface area contributed by atoms with Crippen molar-refractivity contribution >= 4 is 17.7 Å². The van der Waals surface area contributed by atoms with E-state index in [-0.39, 0.29) is 5.41 Å². The van der Waals surface area contributed by atoms with Gasteiger partial charge < -0.3 is 15.2 Å². The highest BCUT2D eigenvalue weighted by Crippen LogP contribution is 2.38. The molecule has 2 rings (SSSR count). The van der Waals surface area contributed by atoms with Crippen molar-refractivity contribution in [1.82, 2.24) is 0 Å². The van der Waals surface area contributed by atoms with Crippen LogP contribution >= 0.6 is 11.6 Å². The predicted octanol–water partition coefficient (Wildman–Crippen LogP) is 3.11. The number of hydrogen-bond acceptors (Lipinski definition) is 3.